The Morgan fingerprint density at radius 1 is 1.30 bits per heavy atom. The topological polar surface area (TPSA) is 95.9 Å². The second-order valence-corrected chi connectivity index (χ2v) is 7.57. The molecule has 0 amide bonds. The average Bonchev–Trinajstić information content (AvgIpc) is 2.45. The summed E-state index contributed by atoms with van der Waals surface area (Å²) in [5, 5.41) is 10.1. The number of hydrogen-bond acceptors (Lipinski definition) is 6. The number of esters is 1. The van der Waals surface area contributed by atoms with Crippen molar-refractivity contribution in [1.82, 2.24) is 9.62 Å². The molecule has 130 valence electrons. The van der Waals surface area contributed by atoms with Crippen LogP contribution in [0.1, 0.15) is 24.2 Å². The molecule has 2 N–H and O–H groups in total. The van der Waals surface area contributed by atoms with Gasteiger partial charge >= 0.3 is 5.97 Å². The molecule has 1 aromatic carbocycles. The van der Waals surface area contributed by atoms with Crippen LogP contribution in [0.5, 0.6) is 0 Å². The molecule has 1 atom stereocenters. The zero-order valence-electron chi connectivity index (χ0n) is 13.9. The molecule has 0 aliphatic rings. The first kappa shape index (κ1) is 19.6. The fourth-order valence-corrected chi connectivity index (χ4v) is 3.22. The standard InChI is InChI=1S/C15H24N2O5S/c1-5-22-14(18)12-6-8-13(9-7-12)23(20,21)16-10-15(2,19)11-17(3)4/h6-9,16,19H,5,10-11H2,1-4H3. The van der Waals surface area contributed by atoms with Crippen molar-refractivity contribution in [3.05, 3.63) is 29.8 Å². The van der Waals surface area contributed by atoms with E-state index in [1.165, 1.54) is 24.3 Å². The molecule has 0 saturated carbocycles. The van der Waals surface area contributed by atoms with E-state index in [9.17, 15) is 18.3 Å². The Kier molecular flexibility index (Phi) is 6.69. The molecule has 8 heteroatoms. The second kappa shape index (κ2) is 7.87. The number of ether oxygens (including phenoxy) is 1. The lowest BCUT2D eigenvalue weighted by Crippen LogP contribution is -2.47. The van der Waals surface area contributed by atoms with E-state index in [2.05, 4.69) is 4.72 Å². The van der Waals surface area contributed by atoms with E-state index in [4.69, 9.17) is 4.74 Å². The number of nitrogens with zero attached hydrogens (tertiary/aromatic N) is 1. The van der Waals surface area contributed by atoms with Gasteiger partial charge in [0.2, 0.25) is 10.0 Å². The average molecular weight is 344 g/mol. The van der Waals surface area contributed by atoms with Crippen molar-refractivity contribution in [2.24, 2.45) is 0 Å². The second-order valence-electron chi connectivity index (χ2n) is 5.80. The van der Waals surface area contributed by atoms with Crippen LogP contribution in [0.25, 0.3) is 0 Å². The summed E-state index contributed by atoms with van der Waals surface area (Å²) in [6.07, 6.45) is 0. The fraction of sp³-hybridized carbons (Fsp3) is 0.533. The summed E-state index contributed by atoms with van der Waals surface area (Å²) in [6.45, 7) is 3.70. The summed E-state index contributed by atoms with van der Waals surface area (Å²) in [6, 6.07) is 5.44. The van der Waals surface area contributed by atoms with Crippen LogP contribution >= 0.6 is 0 Å². The number of likely N-dealkylation sites (N-methyl/N-ethyl adjacent to an activating group) is 1. The van der Waals surface area contributed by atoms with Gasteiger partial charge in [0.05, 0.1) is 22.7 Å². The van der Waals surface area contributed by atoms with Crippen molar-refractivity contribution in [3.8, 4) is 0 Å². The van der Waals surface area contributed by atoms with Crippen molar-refractivity contribution >= 4 is 16.0 Å². The molecule has 7 nitrogen and oxygen atoms in total. The predicted molar refractivity (Wildman–Crippen MR) is 86.8 cm³/mol. The summed E-state index contributed by atoms with van der Waals surface area (Å²) in [4.78, 5) is 13.3. The molecule has 0 heterocycles. The molecule has 1 unspecified atom stereocenters. The third-order valence-electron chi connectivity index (χ3n) is 2.98. The van der Waals surface area contributed by atoms with E-state index in [-0.39, 0.29) is 23.6 Å². The maximum atomic E-state index is 12.2. The summed E-state index contributed by atoms with van der Waals surface area (Å²) in [7, 11) is -0.187. The quantitative estimate of drug-likeness (QED) is 0.665. The maximum absolute atomic E-state index is 12.2. The van der Waals surface area contributed by atoms with Crippen LogP contribution in [0, 0.1) is 0 Å². The van der Waals surface area contributed by atoms with Crippen LogP contribution in [0.15, 0.2) is 29.2 Å². The summed E-state index contributed by atoms with van der Waals surface area (Å²) >= 11 is 0. The van der Waals surface area contributed by atoms with Gasteiger partial charge in [-0.1, -0.05) is 0 Å². The number of sulfonamides is 1. The van der Waals surface area contributed by atoms with Gasteiger partial charge in [0.25, 0.3) is 0 Å². The molecule has 0 spiro atoms. The highest BCUT2D eigenvalue weighted by molar-refractivity contribution is 7.89. The first-order valence-electron chi connectivity index (χ1n) is 7.21. The van der Waals surface area contributed by atoms with Crippen LogP contribution < -0.4 is 4.72 Å². The third kappa shape index (κ3) is 6.26. The van der Waals surface area contributed by atoms with Gasteiger partial charge in [0, 0.05) is 13.1 Å². The molecule has 0 fully saturated rings. The Morgan fingerprint density at radius 2 is 1.87 bits per heavy atom. The van der Waals surface area contributed by atoms with Gasteiger partial charge in [-0.2, -0.15) is 0 Å². The van der Waals surface area contributed by atoms with Crippen molar-refractivity contribution in [2.75, 3.05) is 33.8 Å². The SMILES string of the molecule is CCOC(=O)c1ccc(S(=O)(=O)NCC(C)(O)CN(C)C)cc1. The number of carbonyl (C=O) groups excluding carboxylic acids is 1. The Morgan fingerprint density at radius 3 is 2.35 bits per heavy atom. The van der Waals surface area contributed by atoms with Gasteiger partial charge in [0.1, 0.15) is 0 Å². The lowest BCUT2D eigenvalue weighted by atomic mass is 10.1. The molecule has 0 aromatic heterocycles. The van der Waals surface area contributed by atoms with Crippen molar-refractivity contribution in [3.63, 3.8) is 0 Å². The molecule has 0 saturated heterocycles. The summed E-state index contributed by atoms with van der Waals surface area (Å²) in [5.41, 5.74) is -0.910. The Bertz CT molecular complexity index is 624. The van der Waals surface area contributed by atoms with Crippen LogP contribution in [0.3, 0.4) is 0 Å². The van der Waals surface area contributed by atoms with E-state index in [0.717, 1.165) is 0 Å². The van der Waals surface area contributed by atoms with Crippen molar-refractivity contribution < 1.29 is 23.1 Å². The van der Waals surface area contributed by atoms with Crippen LogP contribution in [0.4, 0.5) is 0 Å². The van der Waals surface area contributed by atoms with Crippen LogP contribution in [-0.2, 0) is 14.8 Å². The lowest BCUT2D eigenvalue weighted by molar-refractivity contribution is 0.0386. The highest BCUT2D eigenvalue weighted by atomic mass is 32.2. The normalized spacial score (nSPS) is 14.5. The zero-order chi connectivity index (χ0) is 17.7. The van der Waals surface area contributed by atoms with E-state index >= 15 is 0 Å². The third-order valence-corrected chi connectivity index (χ3v) is 4.39. The number of rotatable bonds is 8. The van der Waals surface area contributed by atoms with E-state index in [1.807, 2.05) is 0 Å². The van der Waals surface area contributed by atoms with Gasteiger partial charge in [0.15, 0.2) is 0 Å². The minimum Gasteiger partial charge on any atom is -0.462 e. The number of hydrogen-bond donors (Lipinski definition) is 2. The Hall–Kier alpha value is -1.48. The molecule has 0 radical (unpaired) electrons. The van der Waals surface area contributed by atoms with Gasteiger partial charge in [-0.3, -0.25) is 0 Å². The van der Waals surface area contributed by atoms with Crippen LogP contribution in [0.2, 0.25) is 0 Å². The van der Waals surface area contributed by atoms with Crippen LogP contribution in [-0.4, -0.2) is 63.8 Å². The number of aliphatic hydroxyl groups is 1. The minimum absolute atomic E-state index is 0.0196. The Labute approximate surface area is 137 Å². The first-order valence-corrected chi connectivity index (χ1v) is 8.70. The molecule has 23 heavy (non-hydrogen) atoms. The number of benzene rings is 1. The fourth-order valence-electron chi connectivity index (χ4n) is 2.06. The summed E-state index contributed by atoms with van der Waals surface area (Å²) in [5.74, 6) is -0.502. The van der Waals surface area contributed by atoms with Crippen molar-refractivity contribution in [2.45, 2.75) is 24.3 Å². The van der Waals surface area contributed by atoms with E-state index < -0.39 is 21.6 Å². The van der Waals surface area contributed by atoms with Gasteiger partial charge in [-0.25, -0.2) is 17.9 Å². The molecular formula is C15H24N2O5S. The molecule has 1 aromatic rings. The van der Waals surface area contributed by atoms with Gasteiger partial charge < -0.3 is 14.7 Å². The summed E-state index contributed by atoms with van der Waals surface area (Å²) < 4.78 is 31.7. The molecule has 0 aliphatic heterocycles. The smallest absolute Gasteiger partial charge is 0.338 e. The Balaban J connectivity index is 2.79. The highest BCUT2D eigenvalue weighted by Gasteiger charge is 2.25. The number of carbonyl (C=O) groups is 1. The molecule has 0 aliphatic carbocycles. The first-order chi connectivity index (χ1) is 10.6. The minimum atomic E-state index is -3.76. The molecule has 0 bridgehead atoms. The maximum Gasteiger partial charge on any atom is 0.338 e. The number of nitrogens with one attached hydrogen (secondary N) is 1. The van der Waals surface area contributed by atoms with Gasteiger partial charge in [-0.05, 0) is 52.2 Å². The van der Waals surface area contributed by atoms with E-state index in [1.54, 1.807) is 32.8 Å². The van der Waals surface area contributed by atoms with Gasteiger partial charge in [-0.15, -0.1) is 0 Å². The molecular weight excluding hydrogens is 320 g/mol. The predicted octanol–water partition coefficient (Wildman–Crippen LogP) is 0.454. The lowest BCUT2D eigenvalue weighted by Gasteiger charge is -2.27. The monoisotopic (exact) mass is 344 g/mol. The van der Waals surface area contributed by atoms with E-state index in [0.29, 0.717) is 6.54 Å². The highest BCUT2D eigenvalue weighted by Crippen LogP contribution is 2.13. The zero-order valence-corrected chi connectivity index (χ0v) is 14.7. The van der Waals surface area contributed by atoms with Crippen molar-refractivity contribution in [1.29, 1.82) is 0 Å². The molecule has 1 rings (SSSR count). The largest absolute Gasteiger partial charge is 0.462 e.